The summed E-state index contributed by atoms with van der Waals surface area (Å²) >= 11 is 0. The smallest absolute Gasteiger partial charge is 0.150 e. The van der Waals surface area contributed by atoms with Gasteiger partial charge < -0.3 is 9.30 Å². The molecule has 2 heterocycles. The average Bonchev–Trinajstić information content (AvgIpc) is 3.06. The lowest BCUT2D eigenvalue weighted by atomic mass is 10.0. The van der Waals surface area contributed by atoms with Gasteiger partial charge in [-0.15, -0.1) is 0 Å². The van der Waals surface area contributed by atoms with Gasteiger partial charge in [0.15, 0.2) is 0 Å². The molecule has 0 N–H and O–H groups in total. The van der Waals surface area contributed by atoms with Gasteiger partial charge in [-0.2, -0.15) is 0 Å². The number of hydrogen-bond donors (Lipinski definition) is 0. The molecule has 4 rings (SSSR count). The van der Waals surface area contributed by atoms with E-state index < -0.39 is 0 Å². The van der Waals surface area contributed by atoms with Crippen molar-refractivity contribution in [2.45, 2.75) is 13.5 Å². The maximum atomic E-state index is 11.3. The van der Waals surface area contributed by atoms with E-state index in [0.29, 0.717) is 18.8 Å². The molecule has 2 aromatic carbocycles. The number of nitrogens with zero attached hydrogens (tertiary/aromatic N) is 2. The second-order valence-electron chi connectivity index (χ2n) is 6.65. The van der Waals surface area contributed by atoms with Crippen LogP contribution < -0.4 is 0 Å². The van der Waals surface area contributed by atoms with E-state index in [2.05, 4.69) is 34.3 Å². The van der Waals surface area contributed by atoms with Crippen molar-refractivity contribution in [3.8, 4) is 11.3 Å². The highest BCUT2D eigenvalue weighted by atomic mass is 16.5. The van der Waals surface area contributed by atoms with Crippen LogP contribution in [-0.2, 0) is 11.3 Å². The highest BCUT2D eigenvalue weighted by Crippen LogP contribution is 2.33. The maximum absolute atomic E-state index is 11.3. The first-order valence-corrected chi connectivity index (χ1v) is 9.43. The Balaban J connectivity index is 1.92. The van der Waals surface area contributed by atoms with Gasteiger partial charge in [0.2, 0.25) is 0 Å². The Kier molecular flexibility index (Phi) is 5.04. The number of benzene rings is 2. The average molecular weight is 370 g/mol. The van der Waals surface area contributed by atoms with Gasteiger partial charge in [0.05, 0.1) is 12.3 Å². The molecule has 0 aliphatic heterocycles. The molecule has 0 unspecified atom stereocenters. The van der Waals surface area contributed by atoms with Crippen molar-refractivity contribution in [1.82, 2.24) is 9.55 Å². The third-order valence-electron chi connectivity index (χ3n) is 5.00. The minimum atomic E-state index is 0.648. The molecule has 0 spiro atoms. The van der Waals surface area contributed by atoms with Gasteiger partial charge in [0.25, 0.3) is 0 Å². The Hall–Kier alpha value is -3.24. The van der Waals surface area contributed by atoms with Crippen molar-refractivity contribution in [1.29, 1.82) is 0 Å². The molecule has 28 heavy (non-hydrogen) atoms. The highest BCUT2D eigenvalue weighted by Gasteiger charge is 2.13. The molecule has 0 aliphatic carbocycles. The highest BCUT2D eigenvalue weighted by molar-refractivity contribution is 6.10. The number of pyridine rings is 1. The van der Waals surface area contributed by atoms with Crippen molar-refractivity contribution in [2.75, 3.05) is 13.2 Å². The second kappa shape index (κ2) is 7.79. The molecule has 0 amide bonds. The Morgan fingerprint density at radius 1 is 1.04 bits per heavy atom. The summed E-state index contributed by atoms with van der Waals surface area (Å²) in [5.41, 5.74) is 5.88. The normalized spacial score (nSPS) is 11.2. The number of aldehydes is 1. The van der Waals surface area contributed by atoms with Crippen LogP contribution in [-0.4, -0.2) is 29.1 Å². The summed E-state index contributed by atoms with van der Waals surface area (Å²) in [7, 11) is 0. The van der Waals surface area contributed by atoms with E-state index in [9.17, 15) is 4.79 Å². The molecular weight excluding hydrogens is 348 g/mol. The number of hydrogen-bond acceptors (Lipinski definition) is 3. The Bertz CT molecular complexity index is 1170. The molecule has 0 radical (unpaired) electrons. The number of rotatable bonds is 7. The van der Waals surface area contributed by atoms with Crippen LogP contribution in [0.2, 0.25) is 0 Å². The van der Waals surface area contributed by atoms with E-state index in [0.717, 1.165) is 51.5 Å². The van der Waals surface area contributed by atoms with Crippen molar-refractivity contribution in [3.05, 3.63) is 72.4 Å². The minimum Gasteiger partial charge on any atom is -0.380 e. The van der Waals surface area contributed by atoms with Crippen LogP contribution >= 0.6 is 0 Å². The number of carbonyl (C=O) groups is 1. The topological polar surface area (TPSA) is 44.1 Å². The molecule has 140 valence electrons. The Morgan fingerprint density at radius 2 is 1.82 bits per heavy atom. The van der Waals surface area contributed by atoms with Gasteiger partial charge in [0.1, 0.15) is 6.29 Å². The molecule has 0 fully saturated rings. The van der Waals surface area contributed by atoms with Crippen molar-refractivity contribution in [3.63, 3.8) is 0 Å². The van der Waals surface area contributed by atoms with Gasteiger partial charge in [0, 0.05) is 52.3 Å². The summed E-state index contributed by atoms with van der Waals surface area (Å²) in [5, 5.41) is 2.18. The van der Waals surface area contributed by atoms with Gasteiger partial charge in [-0.05, 0) is 55.0 Å². The van der Waals surface area contributed by atoms with E-state index >= 15 is 0 Å². The van der Waals surface area contributed by atoms with Crippen LogP contribution in [0.15, 0.2) is 61.3 Å². The van der Waals surface area contributed by atoms with Crippen molar-refractivity contribution < 1.29 is 9.53 Å². The van der Waals surface area contributed by atoms with E-state index in [1.165, 1.54) is 0 Å². The molecule has 0 aliphatic rings. The summed E-state index contributed by atoms with van der Waals surface area (Å²) in [6, 6.07) is 16.2. The van der Waals surface area contributed by atoms with Crippen LogP contribution in [0.25, 0.3) is 39.1 Å². The van der Waals surface area contributed by atoms with Crippen molar-refractivity contribution in [2.24, 2.45) is 0 Å². The Labute approximate surface area is 164 Å². The van der Waals surface area contributed by atoms with Crippen LogP contribution in [0.1, 0.15) is 22.8 Å². The zero-order valence-electron chi connectivity index (χ0n) is 15.9. The largest absolute Gasteiger partial charge is 0.380 e. The first-order valence-electron chi connectivity index (χ1n) is 9.43. The molecule has 0 bridgehead atoms. The summed E-state index contributed by atoms with van der Waals surface area (Å²) < 4.78 is 7.83. The van der Waals surface area contributed by atoms with Gasteiger partial charge in [-0.25, -0.2) is 0 Å². The van der Waals surface area contributed by atoms with E-state index in [4.69, 9.17) is 4.74 Å². The van der Waals surface area contributed by atoms with E-state index in [1.54, 1.807) is 6.20 Å². The number of fused-ring (bicyclic) bond motifs is 3. The molecule has 0 saturated carbocycles. The number of aromatic nitrogens is 2. The van der Waals surface area contributed by atoms with Crippen LogP contribution in [0.3, 0.4) is 0 Å². The molecule has 0 atom stereocenters. The maximum Gasteiger partial charge on any atom is 0.150 e. The van der Waals surface area contributed by atoms with Crippen LogP contribution in [0, 0.1) is 0 Å². The lowest BCUT2D eigenvalue weighted by Crippen LogP contribution is -2.05. The first kappa shape index (κ1) is 18.1. The SMILES string of the molecule is C=Cc1ccnc(-c2ccc3c(c2)c2cc(C=O)ccc2n3CCOCC)c1. The van der Waals surface area contributed by atoms with Crippen molar-refractivity contribution >= 4 is 34.2 Å². The molecule has 2 aromatic heterocycles. The molecule has 0 saturated heterocycles. The lowest BCUT2D eigenvalue weighted by Gasteiger charge is -2.08. The fourth-order valence-electron chi connectivity index (χ4n) is 3.63. The second-order valence-corrected chi connectivity index (χ2v) is 6.65. The fraction of sp³-hybridized carbons (Fsp3) is 0.167. The van der Waals surface area contributed by atoms with Crippen LogP contribution in [0.4, 0.5) is 0 Å². The fourth-order valence-corrected chi connectivity index (χ4v) is 3.63. The zero-order chi connectivity index (χ0) is 19.5. The van der Waals surface area contributed by atoms with Gasteiger partial charge >= 0.3 is 0 Å². The summed E-state index contributed by atoms with van der Waals surface area (Å²) in [5.74, 6) is 0. The van der Waals surface area contributed by atoms with Gasteiger partial charge in [-0.1, -0.05) is 18.7 Å². The number of ether oxygens (including phenoxy) is 1. The van der Waals surface area contributed by atoms with E-state index in [1.807, 2.05) is 43.3 Å². The van der Waals surface area contributed by atoms with E-state index in [-0.39, 0.29) is 0 Å². The molecule has 4 heteroatoms. The lowest BCUT2D eigenvalue weighted by molar-refractivity contribution is 0.112. The summed E-state index contributed by atoms with van der Waals surface area (Å²) in [6.45, 7) is 7.94. The third kappa shape index (κ3) is 3.23. The zero-order valence-corrected chi connectivity index (χ0v) is 15.9. The predicted octanol–water partition coefficient (Wildman–Crippen LogP) is 5.35. The minimum absolute atomic E-state index is 0.648. The molecule has 4 nitrogen and oxygen atoms in total. The summed E-state index contributed by atoms with van der Waals surface area (Å²) in [6.07, 6.45) is 4.51. The number of carbonyl (C=O) groups excluding carboxylic acids is 1. The van der Waals surface area contributed by atoms with Crippen LogP contribution in [0.5, 0.6) is 0 Å². The molecular formula is C24H22N2O2. The molecule has 4 aromatic rings. The predicted molar refractivity (Wildman–Crippen MR) is 115 cm³/mol. The first-order chi connectivity index (χ1) is 13.7. The van der Waals surface area contributed by atoms with Gasteiger partial charge in [-0.3, -0.25) is 9.78 Å². The summed E-state index contributed by atoms with van der Waals surface area (Å²) in [4.78, 5) is 15.8. The quantitative estimate of drug-likeness (QED) is 0.325. The monoisotopic (exact) mass is 370 g/mol. The standard InChI is InChI=1S/C24H22N2O2/c1-3-17-9-10-25-22(14-17)19-6-8-24-21(15-19)20-13-18(16-27)5-7-23(20)26(24)11-12-28-4-2/h3,5-10,13-16H,1,4,11-12H2,2H3. The Morgan fingerprint density at radius 3 is 2.57 bits per heavy atom. The third-order valence-corrected chi connectivity index (χ3v) is 5.00.